The topological polar surface area (TPSA) is 83.8 Å². The van der Waals surface area contributed by atoms with E-state index in [4.69, 9.17) is 4.52 Å². The third-order valence-corrected chi connectivity index (χ3v) is 4.19. The van der Waals surface area contributed by atoms with Crippen LogP contribution in [-0.4, -0.2) is 21.0 Å². The molecule has 0 radical (unpaired) electrons. The molecule has 4 rings (SSSR count). The Morgan fingerprint density at radius 2 is 1.92 bits per heavy atom. The van der Waals surface area contributed by atoms with Crippen molar-refractivity contribution in [2.75, 3.05) is 0 Å². The predicted octanol–water partition coefficient (Wildman–Crippen LogP) is 3.57. The number of rotatable bonds is 5. The Bertz CT molecular complexity index is 1000. The molecule has 1 amide bonds. The Balaban J connectivity index is 1.65. The molecule has 0 aliphatic heterocycles. The number of nitrogens with zero attached hydrogens (tertiary/aromatic N) is 2. The van der Waals surface area contributed by atoms with E-state index in [9.17, 15) is 4.79 Å². The van der Waals surface area contributed by atoms with Crippen LogP contribution in [0, 0.1) is 6.92 Å². The van der Waals surface area contributed by atoms with E-state index in [2.05, 4.69) is 20.4 Å². The first-order valence-corrected chi connectivity index (χ1v) is 8.42. The minimum absolute atomic E-state index is 0.261. The summed E-state index contributed by atoms with van der Waals surface area (Å²) in [6, 6.07) is 19.1. The van der Waals surface area contributed by atoms with Crippen LogP contribution >= 0.6 is 0 Å². The molecule has 2 aromatic heterocycles. The minimum atomic E-state index is -0.311. The molecular weight excluding hydrogens is 328 g/mol. The molecule has 0 saturated carbocycles. The summed E-state index contributed by atoms with van der Waals surface area (Å²) >= 11 is 0. The van der Waals surface area contributed by atoms with Crippen molar-refractivity contribution >= 4 is 16.9 Å². The van der Waals surface area contributed by atoms with Gasteiger partial charge in [-0.15, -0.1) is 0 Å². The average Bonchev–Trinajstić information content (AvgIpc) is 3.28. The van der Waals surface area contributed by atoms with Crippen molar-refractivity contribution in [3.8, 4) is 0 Å². The van der Waals surface area contributed by atoms with Crippen LogP contribution < -0.4 is 5.32 Å². The number of aromatic nitrogens is 3. The second-order valence-corrected chi connectivity index (χ2v) is 6.18. The number of aryl methyl sites for hydroxylation is 1. The Labute approximate surface area is 150 Å². The van der Waals surface area contributed by atoms with Crippen LogP contribution in [0.1, 0.15) is 33.7 Å². The summed E-state index contributed by atoms with van der Waals surface area (Å²) in [4.78, 5) is 20.5. The number of aromatic amines is 1. The lowest BCUT2D eigenvalue weighted by atomic mass is 10.1. The molecule has 0 saturated heterocycles. The number of para-hydroxylation sites is 2. The minimum Gasteiger partial charge on any atom is -0.361 e. The van der Waals surface area contributed by atoms with Crippen LogP contribution in [0.15, 0.2) is 65.2 Å². The van der Waals surface area contributed by atoms with Crippen LogP contribution in [0.5, 0.6) is 0 Å². The summed E-state index contributed by atoms with van der Waals surface area (Å²) in [7, 11) is 0. The molecular formula is C20H18N4O2. The van der Waals surface area contributed by atoms with Gasteiger partial charge >= 0.3 is 0 Å². The third kappa shape index (κ3) is 3.35. The molecule has 0 aliphatic carbocycles. The van der Waals surface area contributed by atoms with Gasteiger partial charge in [-0.05, 0) is 31.0 Å². The highest BCUT2D eigenvalue weighted by Gasteiger charge is 2.21. The highest BCUT2D eigenvalue weighted by molar-refractivity contribution is 5.92. The number of amides is 1. The number of H-pyrrole nitrogens is 1. The monoisotopic (exact) mass is 346 g/mol. The van der Waals surface area contributed by atoms with Gasteiger partial charge in [0.1, 0.15) is 11.6 Å². The smallest absolute Gasteiger partial charge is 0.274 e. The number of hydrogen-bond donors (Lipinski definition) is 2. The number of fused-ring (bicyclic) bond motifs is 1. The molecule has 6 heteroatoms. The van der Waals surface area contributed by atoms with Crippen molar-refractivity contribution in [1.82, 2.24) is 20.4 Å². The summed E-state index contributed by atoms with van der Waals surface area (Å²) in [6.07, 6.45) is 0.614. The lowest BCUT2D eigenvalue weighted by molar-refractivity contribution is 0.0925. The first kappa shape index (κ1) is 16.1. The molecule has 130 valence electrons. The van der Waals surface area contributed by atoms with Gasteiger partial charge in [-0.3, -0.25) is 4.79 Å². The Morgan fingerprint density at radius 3 is 2.65 bits per heavy atom. The normalized spacial score (nSPS) is 12.2. The van der Waals surface area contributed by atoms with E-state index in [1.54, 1.807) is 13.0 Å². The summed E-state index contributed by atoms with van der Waals surface area (Å²) in [5.74, 6) is 1.02. The number of hydrogen-bond acceptors (Lipinski definition) is 4. The summed E-state index contributed by atoms with van der Waals surface area (Å²) in [5, 5.41) is 6.81. The highest BCUT2D eigenvalue weighted by atomic mass is 16.5. The molecule has 1 unspecified atom stereocenters. The van der Waals surface area contributed by atoms with Crippen LogP contribution in [0.3, 0.4) is 0 Å². The van der Waals surface area contributed by atoms with Crippen LogP contribution in [-0.2, 0) is 6.42 Å². The SMILES string of the molecule is Cc1cc(C(=O)NC(Cc2ccccc2)c2nc3ccccc3[nH]2)no1. The molecule has 0 aliphatic rings. The number of benzene rings is 2. The van der Waals surface area contributed by atoms with E-state index < -0.39 is 0 Å². The van der Waals surface area contributed by atoms with Gasteiger partial charge < -0.3 is 14.8 Å². The number of carbonyl (C=O) groups is 1. The molecule has 6 nitrogen and oxygen atoms in total. The standard InChI is InChI=1S/C20H18N4O2/c1-13-11-18(24-26-13)20(25)23-17(12-14-7-3-2-4-8-14)19-21-15-9-5-6-10-16(15)22-19/h2-11,17H,12H2,1H3,(H,21,22)(H,23,25). The summed E-state index contributed by atoms with van der Waals surface area (Å²) in [6.45, 7) is 1.75. The maximum atomic E-state index is 12.6. The van der Waals surface area contributed by atoms with Crippen molar-refractivity contribution in [2.24, 2.45) is 0 Å². The van der Waals surface area contributed by atoms with E-state index in [1.807, 2.05) is 54.6 Å². The molecule has 0 fully saturated rings. The van der Waals surface area contributed by atoms with E-state index in [1.165, 1.54) is 0 Å². The summed E-state index contributed by atoms with van der Waals surface area (Å²) in [5.41, 5.74) is 3.17. The Hall–Kier alpha value is -3.41. The largest absolute Gasteiger partial charge is 0.361 e. The fourth-order valence-corrected chi connectivity index (χ4v) is 2.91. The van der Waals surface area contributed by atoms with Gasteiger partial charge in [-0.25, -0.2) is 4.98 Å². The van der Waals surface area contributed by atoms with Crippen LogP contribution in [0.25, 0.3) is 11.0 Å². The maximum Gasteiger partial charge on any atom is 0.274 e. The zero-order valence-corrected chi connectivity index (χ0v) is 14.3. The molecule has 26 heavy (non-hydrogen) atoms. The molecule has 2 heterocycles. The quantitative estimate of drug-likeness (QED) is 0.578. The van der Waals surface area contributed by atoms with Crippen molar-refractivity contribution in [2.45, 2.75) is 19.4 Å². The lowest BCUT2D eigenvalue weighted by Gasteiger charge is -2.16. The van der Waals surface area contributed by atoms with Gasteiger partial charge in [0.2, 0.25) is 0 Å². The van der Waals surface area contributed by atoms with Gasteiger partial charge in [-0.2, -0.15) is 0 Å². The zero-order chi connectivity index (χ0) is 17.9. The van der Waals surface area contributed by atoms with Gasteiger partial charge in [-0.1, -0.05) is 47.6 Å². The van der Waals surface area contributed by atoms with Crippen molar-refractivity contribution in [3.63, 3.8) is 0 Å². The Kier molecular flexibility index (Phi) is 4.23. The predicted molar refractivity (Wildman–Crippen MR) is 97.7 cm³/mol. The number of carbonyl (C=O) groups excluding carboxylic acids is 1. The van der Waals surface area contributed by atoms with Gasteiger partial charge in [0.15, 0.2) is 5.69 Å². The molecule has 4 aromatic rings. The maximum absolute atomic E-state index is 12.6. The van der Waals surface area contributed by atoms with E-state index in [0.29, 0.717) is 18.0 Å². The Morgan fingerprint density at radius 1 is 1.15 bits per heavy atom. The van der Waals surface area contributed by atoms with E-state index >= 15 is 0 Å². The fourth-order valence-electron chi connectivity index (χ4n) is 2.91. The molecule has 0 spiro atoms. The summed E-state index contributed by atoms with van der Waals surface area (Å²) < 4.78 is 5.00. The molecule has 0 bridgehead atoms. The van der Waals surface area contributed by atoms with E-state index in [-0.39, 0.29) is 17.6 Å². The van der Waals surface area contributed by atoms with E-state index in [0.717, 1.165) is 16.6 Å². The highest BCUT2D eigenvalue weighted by Crippen LogP contribution is 2.20. The number of imidazole rings is 1. The van der Waals surface area contributed by atoms with Crippen molar-refractivity contribution in [1.29, 1.82) is 0 Å². The molecule has 1 atom stereocenters. The van der Waals surface area contributed by atoms with Crippen LogP contribution in [0.4, 0.5) is 0 Å². The molecule has 2 aromatic carbocycles. The second-order valence-electron chi connectivity index (χ2n) is 6.18. The van der Waals surface area contributed by atoms with Crippen LogP contribution in [0.2, 0.25) is 0 Å². The van der Waals surface area contributed by atoms with Gasteiger partial charge in [0.05, 0.1) is 17.1 Å². The first-order valence-electron chi connectivity index (χ1n) is 8.42. The second kappa shape index (κ2) is 6.84. The van der Waals surface area contributed by atoms with Crippen molar-refractivity contribution in [3.05, 3.63) is 83.5 Å². The fraction of sp³-hybridized carbons (Fsp3) is 0.150. The zero-order valence-electron chi connectivity index (χ0n) is 14.3. The van der Waals surface area contributed by atoms with Gasteiger partial charge in [0, 0.05) is 6.07 Å². The number of nitrogens with one attached hydrogen (secondary N) is 2. The first-order chi connectivity index (χ1) is 12.7. The van der Waals surface area contributed by atoms with Gasteiger partial charge in [0.25, 0.3) is 5.91 Å². The lowest BCUT2D eigenvalue weighted by Crippen LogP contribution is -2.31. The average molecular weight is 346 g/mol. The third-order valence-electron chi connectivity index (χ3n) is 4.19. The van der Waals surface area contributed by atoms with Crippen molar-refractivity contribution < 1.29 is 9.32 Å². The molecule has 2 N–H and O–H groups in total.